The minimum absolute atomic E-state index is 0.0422. The summed E-state index contributed by atoms with van der Waals surface area (Å²) in [5.74, 6) is 0.297. The summed E-state index contributed by atoms with van der Waals surface area (Å²) in [5.41, 5.74) is 1.69. The number of nitrogens with zero attached hydrogens (tertiary/aromatic N) is 2. The van der Waals surface area contributed by atoms with E-state index in [9.17, 15) is 9.59 Å². The molecule has 1 aliphatic rings. The van der Waals surface area contributed by atoms with E-state index in [1.807, 2.05) is 49.9 Å². The van der Waals surface area contributed by atoms with Crippen molar-refractivity contribution in [3.63, 3.8) is 0 Å². The van der Waals surface area contributed by atoms with Crippen molar-refractivity contribution in [2.75, 3.05) is 19.6 Å². The van der Waals surface area contributed by atoms with Gasteiger partial charge in [0.1, 0.15) is 11.3 Å². The second kappa shape index (κ2) is 8.98. The lowest BCUT2D eigenvalue weighted by molar-refractivity contribution is 0.0499. The molecule has 2 N–H and O–H groups in total. The molecule has 1 fully saturated rings. The van der Waals surface area contributed by atoms with Gasteiger partial charge in [0.05, 0.1) is 5.69 Å². The molecule has 29 heavy (non-hydrogen) atoms. The number of nitrogens with one attached hydrogen (secondary N) is 2. The van der Waals surface area contributed by atoms with Crippen LogP contribution in [-0.4, -0.2) is 52.3 Å². The Morgan fingerprint density at radius 1 is 1.24 bits per heavy atom. The summed E-state index contributed by atoms with van der Waals surface area (Å²) in [4.78, 5) is 26.4. The summed E-state index contributed by atoms with van der Waals surface area (Å²) in [6.45, 7) is 7.41. The highest BCUT2D eigenvalue weighted by atomic mass is 79.9. The highest BCUT2D eigenvalue weighted by Gasteiger charge is 2.26. The second-order valence-corrected chi connectivity index (χ2v) is 9.21. The standard InChI is InChI=1S/C21H27BrN4O3/c1-21(2,3)29-20(28)23-13-14-8-10-26(11-9-14)19(27)18-12-17(24-25-18)15-4-6-16(22)7-5-15/h4-7,12,14H,8-11,13H2,1-3H3,(H,23,28)(H,24,25). The highest BCUT2D eigenvalue weighted by molar-refractivity contribution is 9.10. The number of carbonyl (C=O) groups excluding carboxylic acids is 2. The van der Waals surface area contributed by atoms with Crippen LogP contribution in [0.15, 0.2) is 34.8 Å². The zero-order chi connectivity index (χ0) is 21.0. The van der Waals surface area contributed by atoms with Crippen molar-refractivity contribution in [3.8, 4) is 11.3 Å². The lowest BCUT2D eigenvalue weighted by Crippen LogP contribution is -2.42. The molecular formula is C21H27BrN4O3. The van der Waals surface area contributed by atoms with Gasteiger partial charge in [-0.25, -0.2) is 4.79 Å². The molecule has 0 atom stereocenters. The lowest BCUT2D eigenvalue weighted by Gasteiger charge is -2.32. The Balaban J connectivity index is 1.49. The molecule has 3 rings (SSSR count). The third kappa shape index (κ3) is 6.06. The predicted octanol–water partition coefficient (Wildman–Crippen LogP) is 4.22. The van der Waals surface area contributed by atoms with Gasteiger partial charge in [-0.15, -0.1) is 0 Å². The van der Waals surface area contributed by atoms with Gasteiger partial charge in [0, 0.05) is 29.7 Å². The van der Waals surface area contributed by atoms with E-state index in [2.05, 4.69) is 31.4 Å². The van der Waals surface area contributed by atoms with Crippen LogP contribution in [0.25, 0.3) is 11.3 Å². The minimum Gasteiger partial charge on any atom is -0.444 e. The number of likely N-dealkylation sites (tertiary alicyclic amines) is 1. The van der Waals surface area contributed by atoms with Crippen LogP contribution in [-0.2, 0) is 4.74 Å². The first-order valence-electron chi connectivity index (χ1n) is 9.79. The molecular weight excluding hydrogens is 436 g/mol. The van der Waals surface area contributed by atoms with E-state index in [1.54, 1.807) is 6.07 Å². The summed E-state index contributed by atoms with van der Waals surface area (Å²) >= 11 is 3.42. The van der Waals surface area contributed by atoms with Crippen LogP contribution < -0.4 is 5.32 Å². The largest absolute Gasteiger partial charge is 0.444 e. The molecule has 156 valence electrons. The molecule has 0 radical (unpaired) electrons. The van der Waals surface area contributed by atoms with Crippen molar-refractivity contribution in [1.82, 2.24) is 20.4 Å². The molecule has 0 aliphatic carbocycles. The van der Waals surface area contributed by atoms with Gasteiger partial charge in [-0.05, 0) is 57.7 Å². The average molecular weight is 463 g/mol. The third-order valence-corrected chi connectivity index (χ3v) is 5.31. The van der Waals surface area contributed by atoms with Gasteiger partial charge in [-0.2, -0.15) is 5.10 Å². The first-order valence-corrected chi connectivity index (χ1v) is 10.6. The molecule has 2 heterocycles. The fourth-order valence-electron chi connectivity index (χ4n) is 3.25. The second-order valence-electron chi connectivity index (χ2n) is 8.29. The van der Waals surface area contributed by atoms with Gasteiger partial charge in [-0.1, -0.05) is 28.1 Å². The maximum Gasteiger partial charge on any atom is 0.407 e. The van der Waals surface area contributed by atoms with Crippen molar-refractivity contribution in [3.05, 3.63) is 40.5 Å². The topological polar surface area (TPSA) is 87.3 Å². The van der Waals surface area contributed by atoms with Crippen LogP contribution in [0.3, 0.4) is 0 Å². The zero-order valence-corrected chi connectivity index (χ0v) is 18.6. The average Bonchev–Trinajstić information content (AvgIpc) is 3.15. The van der Waals surface area contributed by atoms with Gasteiger partial charge < -0.3 is 15.0 Å². The van der Waals surface area contributed by atoms with Crippen LogP contribution >= 0.6 is 15.9 Å². The van der Waals surface area contributed by atoms with Crippen molar-refractivity contribution in [1.29, 1.82) is 0 Å². The number of hydrogen-bond acceptors (Lipinski definition) is 4. The normalized spacial score (nSPS) is 15.2. The fraction of sp³-hybridized carbons (Fsp3) is 0.476. The van der Waals surface area contributed by atoms with Crippen LogP contribution in [0.2, 0.25) is 0 Å². The Hall–Kier alpha value is -2.35. The Morgan fingerprint density at radius 3 is 2.52 bits per heavy atom. The molecule has 0 unspecified atom stereocenters. The Morgan fingerprint density at radius 2 is 1.90 bits per heavy atom. The first-order chi connectivity index (χ1) is 13.7. The van der Waals surface area contributed by atoms with Crippen LogP contribution in [0.5, 0.6) is 0 Å². The van der Waals surface area contributed by atoms with E-state index < -0.39 is 11.7 Å². The van der Waals surface area contributed by atoms with Crippen LogP contribution in [0, 0.1) is 5.92 Å². The summed E-state index contributed by atoms with van der Waals surface area (Å²) in [5, 5.41) is 9.96. The maximum atomic E-state index is 12.8. The number of H-pyrrole nitrogens is 1. The Kier molecular flexibility index (Phi) is 6.62. The number of ether oxygens (including phenoxy) is 1. The summed E-state index contributed by atoms with van der Waals surface area (Å²) in [6, 6.07) is 9.60. The van der Waals surface area contributed by atoms with Gasteiger partial charge >= 0.3 is 6.09 Å². The number of halogens is 1. The summed E-state index contributed by atoms with van der Waals surface area (Å²) in [6.07, 6.45) is 1.29. The van der Waals surface area contributed by atoms with Crippen molar-refractivity contribution in [2.24, 2.45) is 5.92 Å². The number of carbonyl (C=O) groups is 2. The smallest absolute Gasteiger partial charge is 0.407 e. The first kappa shape index (κ1) is 21.4. The van der Waals surface area contributed by atoms with Gasteiger partial charge in [0.25, 0.3) is 5.91 Å². The van der Waals surface area contributed by atoms with E-state index >= 15 is 0 Å². The van der Waals surface area contributed by atoms with E-state index in [1.165, 1.54) is 0 Å². The van der Waals surface area contributed by atoms with Crippen LogP contribution in [0.4, 0.5) is 4.79 Å². The third-order valence-electron chi connectivity index (χ3n) is 4.78. The summed E-state index contributed by atoms with van der Waals surface area (Å²) in [7, 11) is 0. The molecule has 0 bridgehead atoms. The highest BCUT2D eigenvalue weighted by Crippen LogP contribution is 2.22. The Bertz CT molecular complexity index is 850. The number of benzene rings is 1. The number of rotatable bonds is 4. The molecule has 8 heteroatoms. The van der Waals surface area contributed by atoms with Gasteiger partial charge in [0.15, 0.2) is 0 Å². The fourth-order valence-corrected chi connectivity index (χ4v) is 3.52. The summed E-state index contributed by atoms with van der Waals surface area (Å²) < 4.78 is 6.26. The van der Waals surface area contributed by atoms with Gasteiger partial charge in [-0.3, -0.25) is 9.89 Å². The number of amides is 2. The van der Waals surface area contributed by atoms with E-state index in [0.29, 0.717) is 31.2 Å². The number of alkyl carbamates (subject to hydrolysis) is 1. The number of aromatic nitrogens is 2. The monoisotopic (exact) mass is 462 g/mol. The van der Waals surface area contributed by atoms with Crippen molar-refractivity contribution >= 4 is 27.9 Å². The molecule has 0 spiro atoms. The quantitative estimate of drug-likeness (QED) is 0.711. The minimum atomic E-state index is -0.501. The molecule has 1 saturated heterocycles. The SMILES string of the molecule is CC(C)(C)OC(=O)NCC1CCN(C(=O)c2cc(-c3ccc(Br)cc3)n[nH]2)CC1. The molecule has 1 aliphatic heterocycles. The Labute approximate surface area is 179 Å². The van der Waals surface area contributed by atoms with Crippen molar-refractivity contribution < 1.29 is 14.3 Å². The number of piperidine rings is 1. The lowest BCUT2D eigenvalue weighted by atomic mass is 9.96. The molecule has 7 nitrogen and oxygen atoms in total. The van der Waals surface area contributed by atoms with Crippen molar-refractivity contribution in [2.45, 2.75) is 39.2 Å². The van der Waals surface area contributed by atoms with Gasteiger partial charge in [0.2, 0.25) is 0 Å². The molecule has 1 aromatic heterocycles. The van der Waals surface area contributed by atoms with E-state index in [-0.39, 0.29) is 5.91 Å². The molecule has 1 aromatic carbocycles. The zero-order valence-electron chi connectivity index (χ0n) is 17.0. The molecule has 0 saturated carbocycles. The predicted molar refractivity (Wildman–Crippen MR) is 115 cm³/mol. The molecule has 2 amide bonds. The number of aromatic amines is 1. The van der Waals surface area contributed by atoms with Crippen LogP contribution in [0.1, 0.15) is 44.1 Å². The maximum absolute atomic E-state index is 12.8. The van der Waals surface area contributed by atoms with E-state index in [0.717, 1.165) is 28.6 Å². The molecule has 2 aromatic rings. The number of hydrogen-bond donors (Lipinski definition) is 2. The van der Waals surface area contributed by atoms with E-state index in [4.69, 9.17) is 4.74 Å².